The molecule has 0 unspecified atom stereocenters. The number of carboxylic acids is 1. The normalized spacial score (nSPS) is 9.56. The van der Waals surface area contributed by atoms with Crippen LogP contribution in [0, 0.1) is 0 Å². The molecular formula is C11H11NO3S. The summed E-state index contributed by atoms with van der Waals surface area (Å²) in [6, 6.07) is 6.92. The molecule has 0 heterocycles. The molecule has 0 aliphatic heterocycles. The molecule has 1 amide bonds. The zero-order valence-corrected chi connectivity index (χ0v) is 9.33. The topological polar surface area (TPSA) is 66.4 Å². The van der Waals surface area contributed by atoms with E-state index in [1.807, 2.05) is 0 Å². The zero-order chi connectivity index (χ0) is 12.1. The number of aliphatic carboxylic acids is 1. The standard InChI is InChI=1S/C11H11NO3S/c1-7(6-10(13)14)11(15)12-8-4-2-3-5-9(8)16/h2-5,16H,1,6H2,(H,12,15)(H,13,14). The number of thiol groups is 1. The van der Waals surface area contributed by atoms with Gasteiger partial charge >= 0.3 is 5.97 Å². The average Bonchev–Trinajstić information content (AvgIpc) is 2.20. The molecule has 2 N–H and O–H groups in total. The molecule has 16 heavy (non-hydrogen) atoms. The monoisotopic (exact) mass is 237 g/mol. The molecule has 0 spiro atoms. The fraction of sp³-hybridized carbons (Fsp3) is 0.0909. The molecule has 84 valence electrons. The number of anilines is 1. The maximum Gasteiger partial charge on any atom is 0.308 e. The van der Waals surface area contributed by atoms with Crippen molar-refractivity contribution in [2.45, 2.75) is 11.3 Å². The second-order valence-electron chi connectivity index (χ2n) is 3.15. The average molecular weight is 237 g/mol. The summed E-state index contributed by atoms with van der Waals surface area (Å²) in [6.45, 7) is 3.40. The van der Waals surface area contributed by atoms with Crippen molar-refractivity contribution in [3.8, 4) is 0 Å². The Morgan fingerprint density at radius 3 is 2.56 bits per heavy atom. The van der Waals surface area contributed by atoms with Crippen LogP contribution < -0.4 is 5.32 Å². The highest BCUT2D eigenvalue weighted by Crippen LogP contribution is 2.19. The van der Waals surface area contributed by atoms with Gasteiger partial charge in [-0.1, -0.05) is 18.7 Å². The fourth-order valence-corrected chi connectivity index (χ4v) is 1.27. The first-order valence-electron chi connectivity index (χ1n) is 4.49. The molecule has 0 saturated carbocycles. The van der Waals surface area contributed by atoms with Crippen molar-refractivity contribution in [1.82, 2.24) is 0 Å². The third-order valence-corrected chi connectivity index (χ3v) is 2.23. The minimum Gasteiger partial charge on any atom is -0.481 e. The third kappa shape index (κ3) is 3.43. The summed E-state index contributed by atoms with van der Waals surface area (Å²) in [5.74, 6) is -1.59. The lowest BCUT2D eigenvalue weighted by molar-refractivity contribution is -0.136. The smallest absolute Gasteiger partial charge is 0.308 e. The van der Waals surface area contributed by atoms with Crippen molar-refractivity contribution in [3.63, 3.8) is 0 Å². The Bertz CT molecular complexity index is 443. The summed E-state index contributed by atoms with van der Waals surface area (Å²) < 4.78 is 0. The number of carbonyl (C=O) groups is 2. The number of hydrogen-bond donors (Lipinski definition) is 3. The maximum absolute atomic E-state index is 11.5. The molecule has 0 bridgehead atoms. The summed E-state index contributed by atoms with van der Waals surface area (Å²) >= 11 is 4.15. The number of carbonyl (C=O) groups excluding carboxylic acids is 1. The highest BCUT2D eigenvalue weighted by atomic mass is 32.1. The summed E-state index contributed by atoms with van der Waals surface area (Å²) in [4.78, 5) is 22.5. The summed E-state index contributed by atoms with van der Waals surface area (Å²) in [5, 5.41) is 11.0. The van der Waals surface area contributed by atoms with Gasteiger partial charge < -0.3 is 10.4 Å². The van der Waals surface area contributed by atoms with E-state index in [1.54, 1.807) is 24.3 Å². The first-order valence-corrected chi connectivity index (χ1v) is 4.94. The van der Waals surface area contributed by atoms with E-state index in [2.05, 4.69) is 24.5 Å². The van der Waals surface area contributed by atoms with E-state index >= 15 is 0 Å². The summed E-state index contributed by atoms with van der Waals surface area (Å²) in [5.41, 5.74) is 0.534. The molecule has 0 atom stereocenters. The van der Waals surface area contributed by atoms with Gasteiger partial charge in [0.1, 0.15) is 0 Å². The summed E-state index contributed by atoms with van der Waals surface area (Å²) in [7, 11) is 0. The van der Waals surface area contributed by atoms with Gasteiger partial charge in [0, 0.05) is 10.5 Å². The van der Waals surface area contributed by atoms with E-state index in [0.717, 1.165) is 0 Å². The quantitative estimate of drug-likeness (QED) is 0.554. The highest BCUT2D eigenvalue weighted by Gasteiger charge is 2.11. The molecular weight excluding hydrogens is 226 g/mol. The Balaban J connectivity index is 2.68. The Morgan fingerprint density at radius 1 is 1.38 bits per heavy atom. The summed E-state index contributed by atoms with van der Waals surface area (Å²) in [6.07, 6.45) is -0.374. The lowest BCUT2D eigenvalue weighted by atomic mass is 10.2. The minimum atomic E-state index is -1.08. The molecule has 1 aromatic rings. The lowest BCUT2D eigenvalue weighted by Crippen LogP contribution is -2.16. The van der Waals surface area contributed by atoms with Gasteiger partial charge in [-0.2, -0.15) is 0 Å². The first kappa shape index (κ1) is 12.3. The van der Waals surface area contributed by atoms with Crippen molar-refractivity contribution in [2.75, 3.05) is 5.32 Å². The Hall–Kier alpha value is -1.75. The number of rotatable bonds is 4. The Labute approximate surface area is 98.4 Å². The van der Waals surface area contributed by atoms with Gasteiger partial charge in [0.25, 0.3) is 5.91 Å². The lowest BCUT2D eigenvalue weighted by Gasteiger charge is -2.07. The van der Waals surface area contributed by atoms with Crippen molar-refractivity contribution in [3.05, 3.63) is 36.4 Å². The SMILES string of the molecule is C=C(CC(=O)O)C(=O)Nc1ccccc1S. The number of carboxylic acid groups (broad SMARTS) is 1. The largest absolute Gasteiger partial charge is 0.481 e. The minimum absolute atomic E-state index is 0.00378. The number of hydrogen-bond acceptors (Lipinski definition) is 3. The first-order chi connectivity index (χ1) is 7.50. The fourth-order valence-electron chi connectivity index (χ4n) is 1.05. The van der Waals surface area contributed by atoms with Crippen LogP contribution >= 0.6 is 12.6 Å². The van der Waals surface area contributed by atoms with Gasteiger partial charge in [-0.25, -0.2) is 0 Å². The van der Waals surface area contributed by atoms with Crippen LogP contribution in [0.1, 0.15) is 6.42 Å². The van der Waals surface area contributed by atoms with E-state index < -0.39 is 11.9 Å². The van der Waals surface area contributed by atoms with Crippen LogP contribution in [0.25, 0.3) is 0 Å². The van der Waals surface area contributed by atoms with Crippen LogP contribution in [0.3, 0.4) is 0 Å². The van der Waals surface area contributed by atoms with Crippen molar-refractivity contribution < 1.29 is 14.7 Å². The van der Waals surface area contributed by atoms with E-state index in [-0.39, 0.29) is 12.0 Å². The van der Waals surface area contributed by atoms with Crippen LogP contribution in [0.15, 0.2) is 41.3 Å². The van der Waals surface area contributed by atoms with Gasteiger partial charge in [-0.3, -0.25) is 9.59 Å². The van der Waals surface area contributed by atoms with Crippen LogP contribution in [0.5, 0.6) is 0 Å². The van der Waals surface area contributed by atoms with Crippen LogP contribution in [0.4, 0.5) is 5.69 Å². The van der Waals surface area contributed by atoms with E-state index in [1.165, 1.54) is 0 Å². The van der Waals surface area contributed by atoms with Crippen molar-refractivity contribution >= 4 is 30.2 Å². The number of nitrogens with one attached hydrogen (secondary N) is 1. The van der Waals surface area contributed by atoms with E-state index in [0.29, 0.717) is 10.6 Å². The van der Waals surface area contributed by atoms with Gasteiger partial charge in [-0.15, -0.1) is 12.6 Å². The number of amides is 1. The number of para-hydroxylation sites is 1. The van der Waals surface area contributed by atoms with E-state index in [4.69, 9.17) is 5.11 Å². The van der Waals surface area contributed by atoms with Crippen molar-refractivity contribution in [2.24, 2.45) is 0 Å². The van der Waals surface area contributed by atoms with Gasteiger partial charge in [-0.05, 0) is 12.1 Å². The molecule has 4 nitrogen and oxygen atoms in total. The molecule has 1 rings (SSSR count). The Kier molecular flexibility index (Phi) is 4.13. The molecule has 0 saturated heterocycles. The van der Waals surface area contributed by atoms with Gasteiger partial charge in [0.2, 0.25) is 0 Å². The molecule has 0 aliphatic rings. The molecule has 0 aromatic heterocycles. The van der Waals surface area contributed by atoms with Crippen molar-refractivity contribution in [1.29, 1.82) is 0 Å². The molecule has 0 aliphatic carbocycles. The zero-order valence-electron chi connectivity index (χ0n) is 8.43. The van der Waals surface area contributed by atoms with Gasteiger partial charge in [0.15, 0.2) is 0 Å². The molecule has 0 fully saturated rings. The molecule has 5 heteroatoms. The Morgan fingerprint density at radius 2 is 2.00 bits per heavy atom. The van der Waals surface area contributed by atoms with Crippen LogP contribution in [0.2, 0.25) is 0 Å². The second-order valence-corrected chi connectivity index (χ2v) is 3.63. The molecule has 0 radical (unpaired) electrons. The van der Waals surface area contributed by atoms with Gasteiger partial charge in [0.05, 0.1) is 12.1 Å². The maximum atomic E-state index is 11.5. The van der Waals surface area contributed by atoms with Crippen LogP contribution in [-0.4, -0.2) is 17.0 Å². The predicted octanol–water partition coefficient (Wildman–Crippen LogP) is 1.94. The molecule has 1 aromatic carbocycles. The predicted molar refractivity (Wildman–Crippen MR) is 63.7 cm³/mol. The third-order valence-electron chi connectivity index (χ3n) is 1.84. The van der Waals surface area contributed by atoms with E-state index in [9.17, 15) is 9.59 Å². The number of benzene rings is 1. The highest BCUT2D eigenvalue weighted by molar-refractivity contribution is 7.80. The second kappa shape index (κ2) is 5.37. The van der Waals surface area contributed by atoms with Crippen LogP contribution in [-0.2, 0) is 9.59 Å².